The minimum Gasteiger partial charge on any atom is -0.726 e. The molecule has 12 nitrogen and oxygen atoms in total. The van der Waals surface area contributed by atoms with Gasteiger partial charge in [-0.1, -0.05) is 54.9 Å². The fourth-order valence-electron chi connectivity index (χ4n) is 10.1. The van der Waals surface area contributed by atoms with Crippen LogP contribution in [0.1, 0.15) is 106 Å². The van der Waals surface area contributed by atoms with E-state index in [0.29, 0.717) is 17.8 Å². The van der Waals surface area contributed by atoms with Crippen molar-refractivity contribution in [2.75, 3.05) is 0 Å². The van der Waals surface area contributed by atoms with E-state index in [-0.39, 0.29) is 137 Å². The van der Waals surface area contributed by atoms with E-state index >= 15 is 0 Å². The predicted octanol–water partition coefficient (Wildman–Crippen LogP) is -4.49. The van der Waals surface area contributed by atoms with Crippen molar-refractivity contribution in [3.63, 3.8) is 0 Å². The van der Waals surface area contributed by atoms with Crippen LogP contribution < -0.4 is 88.7 Å². The van der Waals surface area contributed by atoms with Crippen LogP contribution >= 0.6 is 0 Å². The number of rotatable bonds is 10. The van der Waals surface area contributed by atoms with Crippen molar-refractivity contribution in [1.29, 1.82) is 0 Å². The van der Waals surface area contributed by atoms with Gasteiger partial charge in [-0.15, -0.1) is 0 Å². The fraction of sp³-hybridized carbons (Fsp3) is 1.00. The SMILES string of the molecule is CC(CCC(C)C(C)(C)C)C1CC[C@H]2[C@@H]3C[C@H](OS(=O)(=O)[O-])C4C[C@H](OS(=O)(=O)[O-])[C@@H](OS(=O)(=O)[O-])CC4(C)[C@H]3CCC12C.[Na+].[Na+].[Na+]. The summed E-state index contributed by atoms with van der Waals surface area (Å²) in [5.41, 5.74) is -0.700. The predicted molar refractivity (Wildman–Crippen MR) is 157 cm³/mol. The summed E-state index contributed by atoms with van der Waals surface area (Å²) >= 11 is 0. The molecule has 4 rings (SSSR count). The molecule has 0 bridgehead atoms. The van der Waals surface area contributed by atoms with Gasteiger partial charge in [0.25, 0.3) is 0 Å². The van der Waals surface area contributed by atoms with E-state index in [9.17, 15) is 38.9 Å². The maximum absolute atomic E-state index is 11.9. The Kier molecular flexibility index (Phi) is 17.2. The van der Waals surface area contributed by atoms with E-state index in [1.807, 2.05) is 6.92 Å². The number of hydrogen-bond acceptors (Lipinski definition) is 12. The van der Waals surface area contributed by atoms with Crippen LogP contribution in [0.2, 0.25) is 0 Å². The first-order valence-electron chi connectivity index (χ1n) is 15.8. The standard InChI is InChI=1S/C29H52O12S3.3Na/c1-17(8-9-18(2)27(3,4)5)20-10-11-21-19-14-24(39-42(30,31)32)23-15-25(40-43(33,34)35)26(41-44(36,37)38)16-29(23,7)22(19)12-13-28(20,21)6;;;/h17-26H,8-16H2,1-7H3,(H,30,31,32)(H,33,34,35)(H,36,37,38);;;/q;3*+1/p-3/t17?,18?,19-,20?,21-,22-,23?,24-,25-,26-,28?,29?;;;/m0.../s1. The van der Waals surface area contributed by atoms with Crippen LogP contribution in [0.15, 0.2) is 0 Å². The Bertz CT molecular complexity index is 1390. The molecule has 0 aromatic heterocycles. The molecule has 47 heavy (non-hydrogen) atoms. The molecule has 0 amide bonds. The molecule has 0 aliphatic heterocycles. The molecular weight excluding hydrogens is 705 g/mol. The third-order valence-corrected chi connectivity index (χ3v) is 14.1. The van der Waals surface area contributed by atoms with Crippen LogP contribution in [0, 0.1) is 57.7 Å². The van der Waals surface area contributed by atoms with Gasteiger partial charge in [0.2, 0.25) is 31.2 Å². The smallest absolute Gasteiger partial charge is 0.726 e. The Labute approximate surface area is 349 Å². The average molecular weight is 755 g/mol. The normalized spacial score (nSPS) is 38.7. The maximum atomic E-state index is 11.9. The molecule has 4 aliphatic rings. The Morgan fingerprint density at radius 3 is 1.68 bits per heavy atom. The van der Waals surface area contributed by atoms with Gasteiger partial charge in [0.05, 0.1) is 6.10 Å². The zero-order valence-electron chi connectivity index (χ0n) is 29.8. The minimum atomic E-state index is -5.35. The number of fused-ring (bicyclic) bond motifs is 5. The van der Waals surface area contributed by atoms with Crippen molar-refractivity contribution < 1.29 is 140 Å². The molecule has 0 aromatic rings. The largest absolute Gasteiger partial charge is 1.00 e. The second-order valence-corrected chi connectivity index (χ2v) is 18.9. The second kappa shape index (κ2) is 17.0. The van der Waals surface area contributed by atoms with E-state index < -0.39 is 60.8 Å². The zero-order valence-corrected chi connectivity index (χ0v) is 38.2. The van der Waals surface area contributed by atoms with E-state index in [4.69, 9.17) is 8.37 Å². The molecule has 6 unspecified atom stereocenters. The van der Waals surface area contributed by atoms with Gasteiger partial charge in [0.15, 0.2) is 0 Å². The summed E-state index contributed by atoms with van der Waals surface area (Å²) in [4.78, 5) is 0. The molecule has 0 radical (unpaired) electrons. The molecule has 0 heterocycles. The summed E-state index contributed by atoms with van der Waals surface area (Å²) in [7, 11) is -15.8. The summed E-state index contributed by atoms with van der Waals surface area (Å²) in [6, 6.07) is 0. The van der Waals surface area contributed by atoms with Gasteiger partial charge >= 0.3 is 88.7 Å². The molecule has 12 atom stereocenters. The second-order valence-electron chi connectivity index (χ2n) is 15.8. The van der Waals surface area contributed by atoms with E-state index in [1.165, 1.54) is 0 Å². The van der Waals surface area contributed by atoms with Gasteiger partial charge in [0, 0.05) is 0 Å². The average Bonchev–Trinajstić information content (AvgIpc) is 3.17. The van der Waals surface area contributed by atoms with E-state index in [1.54, 1.807) is 0 Å². The van der Waals surface area contributed by atoms with E-state index in [0.717, 1.165) is 38.5 Å². The topological polar surface area (TPSA) is 199 Å². The van der Waals surface area contributed by atoms with Crippen LogP contribution in [0.25, 0.3) is 0 Å². The van der Waals surface area contributed by atoms with Gasteiger partial charge in [-0.3, -0.25) is 12.5 Å². The first-order valence-corrected chi connectivity index (χ1v) is 19.8. The Morgan fingerprint density at radius 1 is 0.681 bits per heavy atom. The Morgan fingerprint density at radius 2 is 1.17 bits per heavy atom. The summed E-state index contributed by atoms with van der Waals surface area (Å²) in [6.45, 7) is 15.6. The molecule has 0 spiro atoms. The number of hydrogen-bond donors (Lipinski definition) is 0. The van der Waals surface area contributed by atoms with Crippen molar-refractivity contribution in [3.8, 4) is 0 Å². The molecule has 4 fully saturated rings. The summed E-state index contributed by atoms with van der Waals surface area (Å²) in [6.07, 6.45) is 1.15. The van der Waals surface area contributed by atoms with Crippen LogP contribution in [0.4, 0.5) is 0 Å². The van der Waals surface area contributed by atoms with Crippen LogP contribution in [-0.4, -0.2) is 57.2 Å². The molecule has 18 heteroatoms. The van der Waals surface area contributed by atoms with Crippen LogP contribution in [0.5, 0.6) is 0 Å². The maximum Gasteiger partial charge on any atom is 1.00 e. The molecule has 4 saturated carbocycles. The monoisotopic (exact) mass is 754 g/mol. The Balaban J connectivity index is 0.00000368. The fourth-order valence-corrected chi connectivity index (χ4v) is 11.7. The first kappa shape index (κ1) is 47.6. The van der Waals surface area contributed by atoms with Crippen molar-refractivity contribution in [3.05, 3.63) is 0 Å². The quantitative estimate of drug-likeness (QED) is 0.118. The zero-order chi connectivity index (χ0) is 33.3. The van der Waals surface area contributed by atoms with Crippen molar-refractivity contribution in [1.82, 2.24) is 0 Å². The van der Waals surface area contributed by atoms with Gasteiger partial charge in [0.1, 0.15) is 12.2 Å². The first-order chi connectivity index (χ1) is 19.8. The molecule has 258 valence electrons. The third kappa shape index (κ3) is 11.3. The molecule has 0 N–H and O–H groups in total. The van der Waals surface area contributed by atoms with Crippen molar-refractivity contribution in [2.45, 2.75) is 125 Å². The van der Waals surface area contributed by atoms with Gasteiger partial charge in [-0.25, -0.2) is 25.3 Å². The molecule has 0 saturated heterocycles. The summed E-state index contributed by atoms with van der Waals surface area (Å²) in [5, 5.41) is 0. The molecule has 0 aromatic carbocycles. The molecular formula is C29H49Na3O12S3. The molecule has 4 aliphatic carbocycles. The summed E-state index contributed by atoms with van der Waals surface area (Å²) < 4.78 is 120. The van der Waals surface area contributed by atoms with Gasteiger partial charge in [-0.2, -0.15) is 0 Å². The van der Waals surface area contributed by atoms with Crippen molar-refractivity contribution >= 4 is 31.2 Å². The van der Waals surface area contributed by atoms with Crippen molar-refractivity contribution in [2.24, 2.45) is 57.7 Å². The minimum absolute atomic E-state index is 0. The third-order valence-electron chi connectivity index (χ3n) is 12.6. The van der Waals surface area contributed by atoms with Gasteiger partial charge in [-0.05, 0) is 109 Å². The van der Waals surface area contributed by atoms with Gasteiger partial charge < -0.3 is 13.7 Å². The van der Waals surface area contributed by atoms with E-state index in [2.05, 4.69) is 45.7 Å². The summed E-state index contributed by atoms with van der Waals surface area (Å²) in [5.74, 6) is 0.809. The van der Waals surface area contributed by atoms with Crippen LogP contribution in [0.3, 0.4) is 0 Å². The van der Waals surface area contributed by atoms with Crippen LogP contribution in [-0.2, 0) is 43.7 Å². The Hall–Kier alpha value is 2.61.